The molecule has 25 heavy (non-hydrogen) atoms. The number of ether oxygens (including phenoxy) is 1. The minimum absolute atomic E-state index is 0.348. The third kappa shape index (κ3) is 3.21. The van der Waals surface area contributed by atoms with Gasteiger partial charge in [-0.1, -0.05) is 59.6 Å². The summed E-state index contributed by atoms with van der Waals surface area (Å²) in [5.74, 6) is 0.222. The molecule has 0 unspecified atom stereocenters. The van der Waals surface area contributed by atoms with Crippen molar-refractivity contribution in [3.05, 3.63) is 94.0 Å². The van der Waals surface area contributed by atoms with Crippen molar-refractivity contribution in [1.82, 2.24) is 0 Å². The van der Waals surface area contributed by atoms with Crippen molar-refractivity contribution in [2.45, 2.75) is 6.92 Å². The molecule has 0 saturated carbocycles. The molecule has 0 bridgehead atoms. The fourth-order valence-corrected chi connectivity index (χ4v) is 3.12. The average Bonchev–Trinajstić information content (AvgIpc) is 2.95. The quantitative estimate of drug-likeness (QED) is 0.434. The predicted molar refractivity (Wildman–Crippen MR) is 102 cm³/mol. The topological polar surface area (TPSA) is 26.3 Å². The van der Waals surface area contributed by atoms with E-state index < -0.39 is 0 Å². The molecule has 0 aliphatic carbocycles. The summed E-state index contributed by atoms with van der Waals surface area (Å²) >= 11 is 6.00. The summed E-state index contributed by atoms with van der Waals surface area (Å²) in [4.78, 5) is 12.2. The highest BCUT2D eigenvalue weighted by Crippen LogP contribution is 2.30. The average molecular weight is 347 g/mol. The van der Waals surface area contributed by atoms with Crippen LogP contribution in [0.25, 0.3) is 22.6 Å². The summed E-state index contributed by atoms with van der Waals surface area (Å²) in [7, 11) is 0. The Kier molecular flexibility index (Phi) is 3.90. The summed E-state index contributed by atoms with van der Waals surface area (Å²) in [6.07, 6.45) is 3.56. The molecule has 2 nitrogen and oxygen atoms in total. The van der Waals surface area contributed by atoms with Gasteiger partial charge in [0.2, 0.25) is 0 Å². The number of rotatable bonds is 2. The molecular formula is C22H15ClO2. The van der Waals surface area contributed by atoms with Gasteiger partial charge in [-0.05, 0) is 53.6 Å². The Labute approximate surface area is 151 Å². The minimum Gasteiger partial charge on any atom is -0.422 e. The first-order chi connectivity index (χ1) is 12.1. The zero-order valence-corrected chi connectivity index (χ0v) is 14.4. The van der Waals surface area contributed by atoms with Gasteiger partial charge < -0.3 is 4.74 Å². The van der Waals surface area contributed by atoms with E-state index in [1.807, 2.05) is 36.4 Å². The van der Waals surface area contributed by atoms with E-state index in [2.05, 4.69) is 25.1 Å². The molecule has 0 radical (unpaired) electrons. The highest BCUT2D eigenvalue weighted by atomic mass is 35.5. The van der Waals surface area contributed by atoms with Crippen LogP contribution in [0.1, 0.15) is 16.7 Å². The maximum Gasteiger partial charge on any atom is 0.343 e. The van der Waals surface area contributed by atoms with Gasteiger partial charge in [0.15, 0.2) is 0 Å². The number of aryl methyl sites for hydroxylation is 1. The SMILES string of the molecule is Cc1ccc2cc(C3=C/C(=C\c4cccc(Cl)c4)C(=O)O3)ccc2c1. The number of halogens is 1. The van der Waals surface area contributed by atoms with E-state index in [9.17, 15) is 4.79 Å². The van der Waals surface area contributed by atoms with Crippen LogP contribution in [0.5, 0.6) is 0 Å². The predicted octanol–water partition coefficient (Wildman–Crippen LogP) is 5.78. The zero-order chi connectivity index (χ0) is 17.4. The first-order valence-electron chi connectivity index (χ1n) is 8.00. The van der Waals surface area contributed by atoms with E-state index in [4.69, 9.17) is 16.3 Å². The van der Waals surface area contributed by atoms with E-state index in [0.29, 0.717) is 16.4 Å². The Morgan fingerprint density at radius 1 is 0.960 bits per heavy atom. The normalized spacial score (nSPS) is 15.5. The van der Waals surface area contributed by atoms with Crippen LogP contribution in [0.15, 0.2) is 72.3 Å². The number of fused-ring (bicyclic) bond motifs is 1. The summed E-state index contributed by atoms with van der Waals surface area (Å²) in [6.45, 7) is 2.07. The Morgan fingerprint density at radius 3 is 2.60 bits per heavy atom. The lowest BCUT2D eigenvalue weighted by molar-refractivity contribution is -0.130. The van der Waals surface area contributed by atoms with Crippen LogP contribution < -0.4 is 0 Å². The lowest BCUT2D eigenvalue weighted by Gasteiger charge is -2.05. The molecule has 3 aromatic rings. The Morgan fingerprint density at radius 2 is 1.76 bits per heavy atom. The molecular weight excluding hydrogens is 332 g/mol. The zero-order valence-electron chi connectivity index (χ0n) is 13.6. The van der Waals surface area contributed by atoms with Crippen molar-refractivity contribution >= 4 is 40.2 Å². The smallest absolute Gasteiger partial charge is 0.343 e. The summed E-state index contributed by atoms with van der Waals surface area (Å²) in [6, 6.07) is 19.7. The van der Waals surface area contributed by atoms with Crippen LogP contribution in [0.4, 0.5) is 0 Å². The standard InChI is InChI=1S/C22H15ClO2/c1-14-5-6-17-12-18(8-7-16(17)9-14)21-13-19(22(24)25-21)10-15-3-2-4-20(23)11-15/h2-13H,1H3/b19-10+. The number of hydrogen-bond acceptors (Lipinski definition) is 2. The van der Waals surface area contributed by atoms with Crippen LogP contribution in [0.2, 0.25) is 5.02 Å². The van der Waals surface area contributed by atoms with Gasteiger partial charge in [0, 0.05) is 10.6 Å². The maximum absolute atomic E-state index is 12.2. The number of benzene rings is 3. The third-order valence-electron chi connectivity index (χ3n) is 4.18. The van der Waals surface area contributed by atoms with Crippen molar-refractivity contribution in [2.75, 3.05) is 0 Å². The molecule has 0 aromatic heterocycles. The van der Waals surface area contributed by atoms with Gasteiger partial charge in [-0.3, -0.25) is 0 Å². The number of hydrogen-bond donors (Lipinski definition) is 0. The van der Waals surface area contributed by atoms with Gasteiger partial charge in [-0.25, -0.2) is 4.79 Å². The van der Waals surface area contributed by atoms with Crippen LogP contribution >= 0.6 is 11.6 Å². The molecule has 1 aliphatic heterocycles. The summed E-state index contributed by atoms with van der Waals surface area (Å²) in [5, 5.41) is 2.92. The Bertz CT molecular complexity index is 1060. The molecule has 1 heterocycles. The van der Waals surface area contributed by atoms with Crippen molar-refractivity contribution in [2.24, 2.45) is 0 Å². The molecule has 4 rings (SSSR count). The summed E-state index contributed by atoms with van der Waals surface area (Å²) in [5.41, 5.74) is 3.49. The van der Waals surface area contributed by atoms with Crippen LogP contribution in [0, 0.1) is 6.92 Å². The molecule has 122 valence electrons. The van der Waals surface area contributed by atoms with Gasteiger partial charge in [-0.2, -0.15) is 0 Å². The maximum atomic E-state index is 12.2. The fourth-order valence-electron chi connectivity index (χ4n) is 2.93. The highest BCUT2D eigenvalue weighted by Gasteiger charge is 2.22. The van der Waals surface area contributed by atoms with Gasteiger partial charge in [0.05, 0.1) is 5.57 Å². The first-order valence-corrected chi connectivity index (χ1v) is 8.38. The first kappa shape index (κ1) is 15.7. The number of carbonyl (C=O) groups is 1. The van der Waals surface area contributed by atoms with Crippen LogP contribution in [-0.2, 0) is 9.53 Å². The van der Waals surface area contributed by atoms with E-state index in [-0.39, 0.29) is 5.97 Å². The second-order valence-electron chi connectivity index (χ2n) is 6.12. The van der Waals surface area contributed by atoms with Crippen molar-refractivity contribution in [3.8, 4) is 0 Å². The molecule has 0 amide bonds. The van der Waals surface area contributed by atoms with Gasteiger partial charge in [0.25, 0.3) is 0 Å². The largest absolute Gasteiger partial charge is 0.422 e. The molecule has 0 atom stereocenters. The van der Waals surface area contributed by atoms with Gasteiger partial charge in [-0.15, -0.1) is 0 Å². The van der Waals surface area contributed by atoms with E-state index in [1.54, 1.807) is 18.2 Å². The van der Waals surface area contributed by atoms with Gasteiger partial charge in [0.1, 0.15) is 5.76 Å². The fraction of sp³-hybridized carbons (Fsp3) is 0.0455. The number of cyclic esters (lactones) is 1. The lowest BCUT2D eigenvalue weighted by atomic mass is 10.0. The molecule has 0 spiro atoms. The Balaban J connectivity index is 1.71. The number of esters is 1. The van der Waals surface area contributed by atoms with Crippen LogP contribution in [0.3, 0.4) is 0 Å². The van der Waals surface area contributed by atoms with Crippen molar-refractivity contribution < 1.29 is 9.53 Å². The molecule has 0 N–H and O–H groups in total. The van der Waals surface area contributed by atoms with Gasteiger partial charge >= 0.3 is 5.97 Å². The Hall–Kier alpha value is -2.84. The molecule has 3 heteroatoms. The highest BCUT2D eigenvalue weighted by molar-refractivity contribution is 6.30. The number of carbonyl (C=O) groups excluding carboxylic acids is 1. The van der Waals surface area contributed by atoms with E-state index >= 15 is 0 Å². The molecule has 0 saturated heterocycles. The van der Waals surface area contributed by atoms with Crippen LogP contribution in [-0.4, -0.2) is 5.97 Å². The molecule has 0 fully saturated rings. The summed E-state index contributed by atoms with van der Waals surface area (Å²) < 4.78 is 5.46. The van der Waals surface area contributed by atoms with Crippen molar-refractivity contribution in [1.29, 1.82) is 0 Å². The third-order valence-corrected chi connectivity index (χ3v) is 4.41. The second kappa shape index (κ2) is 6.23. The van der Waals surface area contributed by atoms with E-state index in [0.717, 1.165) is 16.5 Å². The molecule has 3 aromatic carbocycles. The second-order valence-corrected chi connectivity index (χ2v) is 6.55. The van der Waals surface area contributed by atoms with Crippen molar-refractivity contribution in [3.63, 3.8) is 0 Å². The lowest BCUT2D eigenvalue weighted by Crippen LogP contribution is -1.97. The minimum atomic E-state index is -0.348. The van der Waals surface area contributed by atoms with E-state index in [1.165, 1.54) is 10.9 Å². The monoisotopic (exact) mass is 346 g/mol. The molecule has 1 aliphatic rings.